The van der Waals surface area contributed by atoms with Gasteiger partial charge in [-0.05, 0) is 24.6 Å². The summed E-state index contributed by atoms with van der Waals surface area (Å²) in [5.41, 5.74) is 7.38. The molecule has 2 aromatic carbocycles. The maximum atomic E-state index is 4.75. The van der Waals surface area contributed by atoms with Gasteiger partial charge in [0.05, 0.1) is 11.4 Å². The lowest BCUT2D eigenvalue weighted by Gasteiger charge is -2.01. The predicted molar refractivity (Wildman–Crippen MR) is 76.5 cm³/mol. The summed E-state index contributed by atoms with van der Waals surface area (Å²) in [7, 11) is 0. The number of rotatable bonds is 1. The van der Waals surface area contributed by atoms with Crippen LogP contribution in [0.5, 0.6) is 0 Å². The Morgan fingerprint density at radius 3 is 2.63 bits per heavy atom. The van der Waals surface area contributed by atoms with E-state index in [2.05, 4.69) is 66.2 Å². The van der Waals surface area contributed by atoms with Crippen molar-refractivity contribution < 1.29 is 0 Å². The van der Waals surface area contributed by atoms with Gasteiger partial charge in [0.15, 0.2) is 0 Å². The van der Waals surface area contributed by atoms with E-state index in [9.17, 15) is 0 Å². The quantitative estimate of drug-likeness (QED) is 0.500. The van der Waals surface area contributed by atoms with E-state index in [-0.39, 0.29) is 0 Å². The second-order valence-corrected chi connectivity index (χ2v) is 5.10. The highest BCUT2D eigenvalue weighted by atomic mass is 15.3. The van der Waals surface area contributed by atoms with Gasteiger partial charge in [0, 0.05) is 17.7 Å². The van der Waals surface area contributed by atoms with Gasteiger partial charge >= 0.3 is 0 Å². The maximum absolute atomic E-state index is 4.75. The van der Waals surface area contributed by atoms with Crippen molar-refractivity contribution in [3.05, 3.63) is 71.4 Å². The fourth-order valence-corrected chi connectivity index (χ4v) is 2.68. The Kier molecular flexibility index (Phi) is 2.12. The smallest absolute Gasteiger partial charge is 0.0930 e. The highest BCUT2D eigenvalue weighted by Crippen LogP contribution is 2.30. The van der Waals surface area contributed by atoms with Crippen molar-refractivity contribution in [1.29, 1.82) is 0 Å². The monoisotopic (exact) mass is 246 g/mol. The number of fused-ring (bicyclic) bond motifs is 3. The van der Waals surface area contributed by atoms with Crippen LogP contribution in [0.1, 0.15) is 16.8 Å². The number of aromatic nitrogens is 2. The zero-order valence-electron chi connectivity index (χ0n) is 10.8. The van der Waals surface area contributed by atoms with Gasteiger partial charge in [-0.15, -0.1) is 0 Å². The average molecular weight is 246 g/mol. The lowest BCUT2D eigenvalue weighted by Crippen LogP contribution is -1.94. The zero-order valence-corrected chi connectivity index (χ0v) is 10.8. The van der Waals surface area contributed by atoms with E-state index in [1.165, 1.54) is 28.1 Å². The molecule has 0 aliphatic carbocycles. The van der Waals surface area contributed by atoms with E-state index in [0.717, 1.165) is 12.1 Å². The molecule has 1 aromatic heterocycles. The van der Waals surface area contributed by atoms with Gasteiger partial charge in [-0.1, -0.05) is 48.0 Å². The Morgan fingerprint density at radius 1 is 1.00 bits per heavy atom. The molecule has 1 aliphatic heterocycles. The first-order valence-electron chi connectivity index (χ1n) is 6.55. The molecule has 92 valence electrons. The number of hydrogen-bond donors (Lipinski definition) is 0. The second-order valence-electron chi connectivity index (χ2n) is 5.10. The molecular weight excluding hydrogens is 232 g/mol. The van der Waals surface area contributed by atoms with Crippen molar-refractivity contribution in [2.24, 2.45) is 0 Å². The van der Waals surface area contributed by atoms with E-state index in [1.807, 2.05) is 0 Å². The summed E-state index contributed by atoms with van der Waals surface area (Å²) in [6, 6.07) is 19.2. The first kappa shape index (κ1) is 10.6. The largest absolute Gasteiger partial charge is 0.237 e. The van der Waals surface area contributed by atoms with Crippen LogP contribution < -0.4 is 0 Å². The summed E-state index contributed by atoms with van der Waals surface area (Å²) in [6.45, 7) is 2.10. The van der Waals surface area contributed by atoms with Gasteiger partial charge in [-0.3, -0.25) is 0 Å². The van der Waals surface area contributed by atoms with Crippen LogP contribution in [0.15, 0.2) is 54.6 Å². The van der Waals surface area contributed by atoms with Crippen molar-refractivity contribution in [3.63, 3.8) is 0 Å². The molecule has 0 N–H and O–H groups in total. The summed E-state index contributed by atoms with van der Waals surface area (Å²) in [6.07, 6.45) is 0.981. The predicted octanol–water partition coefficient (Wildman–Crippen LogP) is 3.75. The minimum atomic E-state index is 0.981. The molecule has 0 amide bonds. The van der Waals surface area contributed by atoms with Crippen molar-refractivity contribution >= 4 is 0 Å². The highest BCUT2D eigenvalue weighted by Gasteiger charge is 2.20. The average Bonchev–Trinajstić information content (AvgIpc) is 2.97. The summed E-state index contributed by atoms with van der Waals surface area (Å²) in [5, 5.41) is 4.75. The minimum absolute atomic E-state index is 0.981. The molecule has 0 spiro atoms. The number of benzene rings is 2. The van der Waals surface area contributed by atoms with Crippen molar-refractivity contribution in [3.8, 4) is 16.9 Å². The summed E-state index contributed by atoms with van der Waals surface area (Å²) in [5.74, 6) is 0. The molecule has 0 saturated heterocycles. The summed E-state index contributed by atoms with van der Waals surface area (Å²) >= 11 is 0. The molecule has 0 radical (unpaired) electrons. The first-order chi connectivity index (χ1) is 9.31. The Bertz CT molecular complexity index is 751. The summed E-state index contributed by atoms with van der Waals surface area (Å²) < 4.78 is 2.07. The van der Waals surface area contributed by atoms with Gasteiger partial charge in [-0.2, -0.15) is 5.10 Å². The maximum Gasteiger partial charge on any atom is 0.0930 e. The molecule has 0 saturated carbocycles. The van der Waals surface area contributed by atoms with Gasteiger partial charge in [0.1, 0.15) is 0 Å². The van der Waals surface area contributed by atoms with E-state index in [4.69, 9.17) is 5.10 Å². The molecular formula is C17H14N2. The van der Waals surface area contributed by atoms with E-state index in [1.54, 1.807) is 0 Å². The molecule has 0 bridgehead atoms. The van der Waals surface area contributed by atoms with Crippen molar-refractivity contribution in [1.82, 2.24) is 9.78 Å². The fraction of sp³-hybridized carbons (Fsp3) is 0.118. The van der Waals surface area contributed by atoms with Crippen LogP contribution in [-0.4, -0.2) is 9.78 Å². The number of hydrogen-bond acceptors (Lipinski definition) is 1. The van der Waals surface area contributed by atoms with Crippen LogP contribution in [0.2, 0.25) is 0 Å². The second kappa shape index (κ2) is 3.82. The van der Waals surface area contributed by atoms with Crippen LogP contribution in [0.4, 0.5) is 0 Å². The Balaban J connectivity index is 1.82. The van der Waals surface area contributed by atoms with Gasteiger partial charge in [-0.25, -0.2) is 4.68 Å². The van der Waals surface area contributed by atoms with Crippen LogP contribution in [0.25, 0.3) is 16.9 Å². The molecule has 2 heteroatoms. The topological polar surface area (TPSA) is 17.8 Å². The van der Waals surface area contributed by atoms with Gasteiger partial charge in [0.2, 0.25) is 0 Å². The molecule has 2 nitrogen and oxygen atoms in total. The van der Waals surface area contributed by atoms with E-state index in [0.29, 0.717) is 0 Å². The van der Waals surface area contributed by atoms with Crippen LogP contribution in [-0.2, 0) is 6.42 Å². The molecule has 1 aliphatic rings. The number of nitrogens with zero attached hydrogens (tertiary/aromatic N) is 2. The molecule has 2 heterocycles. The summed E-state index contributed by atoms with van der Waals surface area (Å²) in [4.78, 5) is 0. The molecule has 4 rings (SSSR count). The SMILES string of the molecule is Cc1ccc(-c2cc3n(n2)-c2ccccc2C3)cc1. The molecule has 0 fully saturated rings. The lowest BCUT2D eigenvalue weighted by atomic mass is 10.1. The van der Waals surface area contributed by atoms with Crippen LogP contribution in [0.3, 0.4) is 0 Å². The van der Waals surface area contributed by atoms with Crippen LogP contribution >= 0.6 is 0 Å². The van der Waals surface area contributed by atoms with Crippen molar-refractivity contribution in [2.75, 3.05) is 0 Å². The van der Waals surface area contributed by atoms with Crippen LogP contribution in [0, 0.1) is 6.92 Å². The van der Waals surface area contributed by atoms with Gasteiger partial charge in [0.25, 0.3) is 0 Å². The molecule has 0 unspecified atom stereocenters. The Hall–Kier alpha value is -2.35. The molecule has 19 heavy (non-hydrogen) atoms. The standard InChI is InChI=1S/C17H14N2/c1-12-6-8-13(9-7-12)16-11-15-10-14-4-2-3-5-17(14)19(15)18-16/h2-9,11H,10H2,1H3. The normalized spacial score (nSPS) is 12.3. The zero-order chi connectivity index (χ0) is 12.8. The molecule has 3 aromatic rings. The highest BCUT2D eigenvalue weighted by molar-refractivity contribution is 5.62. The third-order valence-corrected chi connectivity index (χ3v) is 3.72. The minimum Gasteiger partial charge on any atom is -0.237 e. The molecule has 0 atom stereocenters. The van der Waals surface area contributed by atoms with Gasteiger partial charge < -0.3 is 0 Å². The van der Waals surface area contributed by atoms with E-state index < -0.39 is 0 Å². The third-order valence-electron chi connectivity index (χ3n) is 3.72. The third kappa shape index (κ3) is 1.60. The number of aryl methyl sites for hydroxylation is 1. The Morgan fingerprint density at radius 2 is 1.79 bits per heavy atom. The number of para-hydroxylation sites is 1. The fourth-order valence-electron chi connectivity index (χ4n) is 2.68. The first-order valence-corrected chi connectivity index (χ1v) is 6.55. The van der Waals surface area contributed by atoms with Crippen molar-refractivity contribution in [2.45, 2.75) is 13.3 Å². The Labute approximate surface area is 112 Å². The lowest BCUT2D eigenvalue weighted by molar-refractivity contribution is 0.874. The van der Waals surface area contributed by atoms with E-state index >= 15 is 0 Å².